The third-order valence-electron chi connectivity index (χ3n) is 3.55. The Kier molecular flexibility index (Phi) is 4.21. The van der Waals surface area contributed by atoms with Gasteiger partial charge in [0.1, 0.15) is 5.75 Å². The Hall–Kier alpha value is -1.47. The molecule has 0 N–H and O–H groups in total. The second-order valence-electron chi connectivity index (χ2n) is 5.40. The molecular weight excluding hydrogens is 334 g/mol. The summed E-state index contributed by atoms with van der Waals surface area (Å²) in [7, 11) is 3.76. The molecule has 6 nitrogen and oxygen atoms in total. The molecule has 0 saturated heterocycles. The largest absolute Gasteiger partial charge is 0.496 e. The van der Waals surface area contributed by atoms with Crippen LogP contribution in [-0.4, -0.2) is 39.3 Å². The first-order valence-corrected chi connectivity index (χ1v) is 7.74. The van der Waals surface area contributed by atoms with Gasteiger partial charge >= 0.3 is 0 Å². The van der Waals surface area contributed by atoms with Crippen molar-refractivity contribution in [2.75, 3.05) is 14.2 Å². The van der Waals surface area contributed by atoms with Crippen molar-refractivity contribution in [2.45, 2.75) is 32.0 Å². The Labute approximate surface area is 132 Å². The van der Waals surface area contributed by atoms with Gasteiger partial charge < -0.3 is 4.74 Å². The number of tetrazole rings is 1. The molecule has 1 fully saturated rings. The first-order valence-electron chi connectivity index (χ1n) is 6.95. The van der Waals surface area contributed by atoms with E-state index < -0.39 is 0 Å². The van der Waals surface area contributed by atoms with Crippen molar-refractivity contribution >= 4 is 15.9 Å². The molecule has 0 atom stereocenters. The average molecular weight is 352 g/mol. The smallest absolute Gasteiger partial charge is 0.165 e. The monoisotopic (exact) mass is 351 g/mol. The number of aromatic nitrogens is 4. The van der Waals surface area contributed by atoms with Crippen molar-refractivity contribution in [1.29, 1.82) is 0 Å². The van der Waals surface area contributed by atoms with Crippen LogP contribution in [0.15, 0.2) is 22.7 Å². The highest BCUT2D eigenvalue weighted by molar-refractivity contribution is 9.10. The summed E-state index contributed by atoms with van der Waals surface area (Å²) in [5, 5.41) is 12.0. The van der Waals surface area contributed by atoms with Gasteiger partial charge in [0.2, 0.25) is 0 Å². The maximum atomic E-state index is 5.42. The topological polar surface area (TPSA) is 56.1 Å². The van der Waals surface area contributed by atoms with E-state index in [2.05, 4.69) is 49.5 Å². The Morgan fingerprint density at radius 2 is 2.19 bits per heavy atom. The van der Waals surface area contributed by atoms with Crippen LogP contribution in [0.5, 0.6) is 5.75 Å². The zero-order valence-corrected chi connectivity index (χ0v) is 13.7. The van der Waals surface area contributed by atoms with Gasteiger partial charge in [0, 0.05) is 16.6 Å². The maximum Gasteiger partial charge on any atom is 0.165 e. The summed E-state index contributed by atoms with van der Waals surface area (Å²) in [5.41, 5.74) is 1.14. The number of halogens is 1. The van der Waals surface area contributed by atoms with Gasteiger partial charge in [0.15, 0.2) is 5.82 Å². The third kappa shape index (κ3) is 3.41. The average Bonchev–Trinajstić information content (AvgIpc) is 3.20. The summed E-state index contributed by atoms with van der Waals surface area (Å²) in [6, 6.07) is 6.54. The SMILES string of the molecule is COc1ccc(Br)cc1CN(C)Cc1nnnn1C1CC1. The molecule has 3 rings (SSSR count). The third-order valence-corrected chi connectivity index (χ3v) is 4.04. The molecular formula is C14H18BrN5O. The fraction of sp³-hybridized carbons (Fsp3) is 0.500. The summed E-state index contributed by atoms with van der Waals surface area (Å²) in [4.78, 5) is 2.19. The minimum absolute atomic E-state index is 0.504. The lowest BCUT2D eigenvalue weighted by Crippen LogP contribution is -2.20. The minimum atomic E-state index is 0.504. The van der Waals surface area contributed by atoms with E-state index in [0.29, 0.717) is 6.04 Å². The number of rotatable bonds is 6. The van der Waals surface area contributed by atoms with Crippen molar-refractivity contribution in [3.63, 3.8) is 0 Å². The molecule has 1 heterocycles. The summed E-state index contributed by atoms with van der Waals surface area (Å²) < 4.78 is 8.42. The standard InChI is InChI=1S/C14H18BrN5O/c1-19(8-10-7-11(15)3-6-13(10)21-2)9-14-16-17-18-20(14)12-4-5-12/h3,6-7,12H,4-5,8-9H2,1-2H3. The van der Waals surface area contributed by atoms with Crippen LogP contribution in [0.25, 0.3) is 0 Å². The Morgan fingerprint density at radius 3 is 2.90 bits per heavy atom. The highest BCUT2D eigenvalue weighted by Gasteiger charge is 2.27. The molecule has 0 aliphatic heterocycles. The Balaban J connectivity index is 1.70. The van der Waals surface area contributed by atoms with Gasteiger partial charge in [-0.15, -0.1) is 5.10 Å². The van der Waals surface area contributed by atoms with Crippen LogP contribution < -0.4 is 4.74 Å². The van der Waals surface area contributed by atoms with Crippen LogP contribution >= 0.6 is 15.9 Å². The molecule has 0 bridgehead atoms. The van der Waals surface area contributed by atoms with E-state index in [1.54, 1.807) is 7.11 Å². The number of methoxy groups -OCH3 is 1. The number of hydrogen-bond donors (Lipinski definition) is 0. The molecule has 0 unspecified atom stereocenters. The van der Waals surface area contributed by atoms with Crippen LogP contribution in [0, 0.1) is 0 Å². The molecule has 0 radical (unpaired) electrons. The fourth-order valence-corrected chi connectivity index (χ4v) is 2.79. The van der Waals surface area contributed by atoms with Gasteiger partial charge in [-0.05, 0) is 48.5 Å². The van der Waals surface area contributed by atoms with E-state index in [4.69, 9.17) is 4.74 Å². The second-order valence-corrected chi connectivity index (χ2v) is 6.31. The van der Waals surface area contributed by atoms with E-state index in [1.807, 2.05) is 16.8 Å². The maximum absolute atomic E-state index is 5.42. The van der Waals surface area contributed by atoms with Crippen LogP contribution in [0.2, 0.25) is 0 Å². The zero-order chi connectivity index (χ0) is 14.8. The number of hydrogen-bond acceptors (Lipinski definition) is 5. The molecule has 1 aliphatic carbocycles. The van der Waals surface area contributed by atoms with Crippen molar-refractivity contribution < 1.29 is 4.74 Å². The summed E-state index contributed by atoms with van der Waals surface area (Å²) in [6.07, 6.45) is 2.36. The van der Waals surface area contributed by atoms with Gasteiger partial charge in [-0.25, -0.2) is 4.68 Å². The van der Waals surface area contributed by atoms with Crippen molar-refractivity contribution in [3.8, 4) is 5.75 Å². The van der Waals surface area contributed by atoms with E-state index in [1.165, 1.54) is 12.8 Å². The predicted octanol–water partition coefficient (Wildman–Crippen LogP) is 2.41. The second kappa shape index (κ2) is 6.11. The molecule has 0 amide bonds. The minimum Gasteiger partial charge on any atom is -0.496 e. The normalized spacial score (nSPS) is 14.7. The molecule has 1 saturated carbocycles. The lowest BCUT2D eigenvalue weighted by molar-refractivity contribution is 0.295. The van der Waals surface area contributed by atoms with Gasteiger partial charge in [-0.3, -0.25) is 4.90 Å². The summed E-state index contributed by atoms with van der Waals surface area (Å²) in [5.74, 6) is 1.82. The fourth-order valence-electron chi connectivity index (χ4n) is 2.38. The molecule has 0 spiro atoms. The van der Waals surface area contributed by atoms with E-state index in [-0.39, 0.29) is 0 Å². The molecule has 21 heavy (non-hydrogen) atoms. The number of nitrogens with zero attached hydrogens (tertiary/aromatic N) is 5. The molecule has 1 aliphatic rings. The first-order chi connectivity index (χ1) is 10.2. The van der Waals surface area contributed by atoms with Gasteiger partial charge in [0.25, 0.3) is 0 Å². The van der Waals surface area contributed by atoms with E-state index in [0.717, 1.165) is 34.7 Å². The lowest BCUT2D eigenvalue weighted by Gasteiger charge is -2.18. The molecule has 1 aromatic heterocycles. The zero-order valence-electron chi connectivity index (χ0n) is 12.2. The van der Waals surface area contributed by atoms with Gasteiger partial charge in [-0.2, -0.15) is 0 Å². The molecule has 1 aromatic carbocycles. The first kappa shape index (κ1) is 14.5. The highest BCUT2D eigenvalue weighted by atomic mass is 79.9. The summed E-state index contributed by atoms with van der Waals surface area (Å²) in [6.45, 7) is 1.50. The molecule has 112 valence electrons. The van der Waals surface area contributed by atoms with Gasteiger partial charge in [-0.1, -0.05) is 15.9 Å². The van der Waals surface area contributed by atoms with Gasteiger partial charge in [0.05, 0.1) is 19.7 Å². The van der Waals surface area contributed by atoms with Crippen LogP contribution in [0.4, 0.5) is 0 Å². The van der Waals surface area contributed by atoms with Crippen molar-refractivity contribution in [2.24, 2.45) is 0 Å². The van der Waals surface area contributed by atoms with Crippen LogP contribution in [0.1, 0.15) is 30.3 Å². The van der Waals surface area contributed by atoms with E-state index in [9.17, 15) is 0 Å². The lowest BCUT2D eigenvalue weighted by atomic mass is 10.2. The predicted molar refractivity (Wildman–Crippen MR) is 82.0 cm³/mol. The van der Waals surface area contributed by atoms with Crippen LogP contribution in [0.3, 0.4) is 0 Å². The Bertz CT molecular complexity index is 626. The number of benzene rings is 1. The highest BCUT2D eigenvalue weighted by Crippen LogP contribution is 2.34. The van der Waals surface area contributed by atoms with Crippen molar-refractivity contribution in [3.05, 3.63) is 34.1 Å². The quantitative estimate of drug-likeness (QED) is 0.799. The summed E-state index contributed by atoms with van der Waals surface area (Å²) >= 11 is 3.50. The molecule has 7 heteroatoms. The van der Waals surface area contributed by atoms with Crippen LogP contribution in [-0.2, 0) is 13.1 Å². The van der Waals surface area contributed by atoms with Crippen molar-refractivity contribution in [1.82, 2.24) is 25.1 Å². The Morgan fingerprint density at radius 1 is 1.38 bits per heavy atom. The van der Waals surface area contributed by atoms with E-state index >= 15 is 0 Å². The molecule has 2 aromatic rings. The number of ether oxygens (including phenoxy) is 1.